The fourth-order valence-corrected chi connectivity index (χ4v) is 5.09. The summed E-state index contributed by atoms with van der Waals surface area (Å²) in [4.78, 5) is 14.1. The number of carbonyl (C=O) groups is 1. The SMILES string of the molecule is CC[C@@H](C)CS(=O)(=O)N1CCCN(C(=O)c2ccsc2)CC1. The van der Waals surface area contributed by atoms with E-state index < -0.39 is 10.0 Å². The zero-order valence-corrected chi connectivity index (χ0v) is 14.8. The van der Waals surface area contributed by atoms with Gasteiger partial charge in [-0.3, -0.25) is 4.79 Å². The molecule has 1 aromatic heterocycles. The first-order valence-electron chi connectivity index (χ1n) is 7.73. The van der Waals surface area contributed by atoms with Crippen LogP contribution in [0.3, 0.4) is 0 Å². The normalized spacial score (nSPS) is 18.9. The van der Waals surface area contributed by atoms with Gasteiger partial charge < -0.3 is 4.90 Å². The van der Waals surface area contributed by atoms with E-state index in [0.717, 1.165) is 6.42 Å². The van der Waals surface area contributed by atoms with Crippen LogP contribution in [0.4, 0.5) is 0 Å². The van der Waals surface area contributed by atoms with Crippen molar-refractivity contribution in [2.24, 2.45) is 5.92 Å². The van der Waals surface area contributed by atoms with Gasteiger partial charge in [0.05, 0.1) is 11.3 Å². The Morgan fingerprint density at radius 3 is 2.73 bits per heavy atom. The molecule has 22 heavy (non-hydrogen) atoms. The third-order valence-electron chi connectivity index (χ3n) is 4.10. The maximum absolute atomic E-state index is 12.4. The second-order valence-electron chi connectivity index (χ2n) is 5.85. The lowest BCUT2D eigenvalue weighted by molar-refractivity contribution is 0.0765. The van der Waals surface area contributed by atoms with Crippen LogP contribution in [-0.4, -0.2) is 55.5 Å². The number of nitrogens with zero attached hydrogens (tertiary/aromatic N) is 2. The maximum Gasteiger partial charge on any atom is 0.254 e. The predicted octanol–water partition coefficient (Wildman–Crippen LogP) is 2.27. The molecule has 0 aliphatic carbocycles. The first-order chi connectivity index (χ1) is 10.4. The molecular weight excluding hydrogens is 320 g/mol. The van der Waals surface area contributed by atoms with E-state index in [4.69, 9.17) is 0 Å². The summed E-state index contributed by atoms with van der Waals surface area (Å²) in [5.74, 6) is 0.362. The van der Waals surface area contributed by atoms with Gasteiger partial charge in [0, 0.05) is 31.6 Å². The number of amides is 1. The first kappa shape index (κ1) is 17.4. The highest BCUT2D eigenvalue weighted by atomic mass is 32.2. The van der Waals surface area contributed by atoms with E-state index in [0.29, 0.717) is 38.2 Å². The Kier molecular flexibility index (Phi) is 6.00. The van der Waals surface area contributed by atoms with E-state index in [-0.39, 0.29) is 17.6 Å². The summed E-state index contributed by atoms with van der Waals surface area (Å²) < 4.78 is 26.4. The summed E-state index contributed by atoms with van der Waals surface area (Å²) in [7, 11) is -3.22. The molecule has 0 unspecified atom stereocenters. The third-order valence-corrected chi connectivity index (χ3v) is 6.92. The van der Waals surface area contributed by atoms with Crippen molar-refractivity contribution in [3.05, 3.63) is 22.4 Å². The average molecular weight is 345 g/mol. The van der Waals surface area contributed by atoms with Gasteiger partial charge in [-0.2, -0.15) is 11.3 Å². The van der Waals surface area contributed by atoms with E-state index in [9.17, 15) is 13.2 Å². The number of carbonyl (C=O) groups excluding carboxylic acids is 1. The highest BCUT2D eigenvalue weighted by Gasteiger charge is 2.28. The quantitative estimate of drug-likeness (QED) is 0.823. The van der Waals surface area contributed by atoms with Gasteiger partial charge in [0.1, 0.15) is 0 Å². The molecule has 0 aromatic carbocycles. The molecule has 0 N–H and O–H groups in total. The summed E-state index contributed by atoms with van der Waals surface area (Å²) >= 11 is 1.50. The van der Waals surface area contributed by atoms with Crippen molar-refractivity contribution in [2.75, 3.05) is 31.9 Å². The lowest BCUT2D eigenvalue weighted by Gasteiger charge is -2.22. The van der Waals surface area contributed by atoms with E-state index in [1.165, 1.54) is 11.3 Å². The number of hydrogen-bond donors (Lipinski definition) is 0. The van der Waals surface area contributed by atoms with Crippen molar-refractivity contribution >= 4 is 27.3 Å². The second-order valence-corrected chi connectivity index (χ2v) is 8.64. The largest absolute Gasteiger partial charge is 0.337 e. The van der Waals surface area contributed by atoms with Crippen LogP contribution in [-0.2, 0) is 10.0 Å². The van der Waals surface area contributed by atoms with Gasteiger partial charge in [-0.05, 0) is 23.8 Å². The molecule has 5 nitrogen and oxygen atoms in total. The number of sulfonamides is 1. The molecule has 1 aliphatic rings. The molecule has 1 fully saturated rings. The molecule has 0 spiro atoms. The van der Waals surface area contributed by atoms with Gasteiger partial charge in [0.25, 0.3) is 5.91 Å². The zero-order valence-electron chi connectivity index (χ0n) is 13.2. The molecule has 0 radical (unpaired) electrons. The van der Waals surface area contributed by atoms with Crippen LogP contribution in [0.15, 0.2) is 16.8 Å². The Balaban J connectivity index is 1.99. The molecule has 7 heteroatoms. The minimum atomic E-state index is -3.22. The Morgan fingerprint density at radius 2 is 2.09 bits per heavy atom. The number of thiophene rings is 1. The van der Waals surface area contributed by atoms with Crippen LogP contribution in [0.25, 0.3) is 0 Å². The Bertz CT molecular complexity index is 584. The molecule has 1 atom stereocenters. The van der Waals surface area contributed by atoms with Crippen molar-refractivity contribution in [1.82, 2.24) is 9.21 Å². The van der Waals surface area contributed by atoms with Gasteiger partial charge in [-0.15, -0.1) is 0 Å². The molecule has 2 heterocycles. The summed E-state index contributed by atoms with van der Waals surface area (Å²) in [6.07, 6.45) is 1.55. The minimum Gasteiger partial charge on any atom is -0.337 e. The van der Waals surface area contributed by atoms with Crippen LogP contribution in [0, 0.1) is 5.92 Å². The monoisotopic (exact) mass is 344 g/mol. The van der Waals surface area contributed by atoms with E-state index in [1.807, 2.05) is 30.7 Å². The third kappa shape index (κ3) is 4.30. The van der Waals surface area contributed by atoms with Crippen molar-refractivity contribution in [1.29, 1.82) is 0 Å². The molecule has 0 bridgehead atoms. The van der Waals surface area contributed by atoms with Crippen LogP contribution >= 0.6 is 11.3 Å². The Labute approximate surface area is 137 Å². The van der Waals surface area contributed by atoms with Crippen LogP contribution in [0.2, 0.25) is 0 Å². The average Bonchev–Trinajstić information content (AvgIpc) is 2.89. The highest BCUT2D eigenvalue weighted by molar-refractivity contribution is 7.89. The molecule has 1 aromatic rings. The summed E-state index contributed by atoms with van der Waals surface area (Å²) in [6.45, 7) is 5.95. The lowest BCUT2D eigenvalue weighted by atomic mass is 10.2. The zero-order chi connectivity index (χ0) is 16.2. The van der Waals surface area contributed by atoms with E-state index in [1.54, 1.807) is 9.21 Å². The van der Waals surface area contributed by atoms with E-state index >= 15 is 0 Å². The Morgan fingerprint density at radius 1 is 1.32 bits per heavy atom. The van der Waals surface area contributed by atoms with Crippen molar-refractivity contribution in [3.8, 4) is 0 Å². The van der Waals surface area contributed by atoms with Crippen LogP contribution < -0.4 is 0 Å². The fraction of sp³-hybridized carbons (Fsp3) is 0.667. The van der Waals surface area contributed by atoms with Crippen molar-refractivity contribution in [3.63, 3.8) is 0 Å². The smallest absolute Gasteiger partial charge is 0.254 e. The summed E-state index contributed by atoms with van der Waals surface area (Å²) in [5, 5.41) is 3.72. The lowest BCUT2D eigenvalue weighted by Crippen LogP contribution is -2.39. The standard InChI is InChI=1S/C15H24N2O3S2/c1-3-13(2)12-22(19,20)17-7-4-6-16(8-9-17)15(18)14-5-10-21-11-14/h5,10-11,13H,3-4,6-9,12H2,1-2H3/t13-/m1/s1. The number of hydrogen-bond acceptors (Lipinski definition) is 4. The fourth-order valence-electron chi connectivity index (χ4n) is 2.53. The van der Waals surface area contributed by atoms with Gasteiger partial charge in [0.15, 0.2) is 0 Å². The van der Waals surface area contributed by atoms with Gasteiger partial charge >= 0.3 is 0 Å². The summed E-state index contributed by atoms with van der Waals surface area (Å²) in [6, 6.07) is 1.81. The van der Waals surface area contributed by atoms with Gasteiger partial charge in [-0.25, -0.2) is 12.7 Å². The Hall–Kier alpha value is -0.920. The topological polar surface area (TPSA) is 57.7 Å². The van der Waals surface area contributed by atoms with E-state index in [2.05, 4.69) is 0 Å². The molecule has 124 valence electrons. The van der Waals surface area contributed by atoms with Crippen molar-refractivity contribution < 1.29 is 13.2 Å². The molecule has 0 saturated carbocycles. The first-order valence-corrected chi connectivity index (χ1v) is 10.3. The van der Waals surface area contributed by atoms with Gasteiger partial charge in [-0.1, -0.05) is 20.3 Å². The maximum atomic E-state index is 12.4. The predicted molar refractivity (Wildman–Crippen MR) is 89.7 cm³/mol. The molecule has 1 amide bonds. The van der Waals surface area contributed by atoms with Crippen LogP contribution in [0.5, 0.6) is 0 Å². The van der Waals surface area contributed by atoms with Crippen LogP contribution in [0.1, 0.15) is 37.0 Å². The highest BCUT2D eigenvalue weighted by Crippen LogP contribution is 2.16. The summed E-state index contributed by atoms with van der Waals surface area (Å²) in [5.41, 5.74) is 0.695. The van der Waals surface area contributed by atoms with Crippen molar-refractivity contribution in [2.45, 2.75) is 26.7 Å². The molecule has 1 aliphatic heterocycles. The molecule has 1 saturated heterocycles. The second kappa shape index (κ2) is 7.57. The van der Waals surface area contributed by atoms with Gasteiger partial charge in [0.2, 0.25) is 10.0 Å². The molecule has 2 rings (SSSR count). The molecular formula is C15H24N2O3S2. The number of rotatable bonds is 5. The minimum absolute atomic E-state index is 0.00224.